The van der Waals surface area contributed by atoms with E-state index in [0.717, 1.165) is 36.3 Å². The number of halogens is 2. The second-order valence-corrected chi connectivity index (χ2v) is 8.26. The summed E-state index contributed by atoms with van der Waals surface area (Å²) in [4.78, 5) is 27.1. The molecule has 1 heterocycles. The number of hydrogen-bond donors (Lipinski definition) is 1. The van der Waals surface area contributed by atoms with Crippen molar-refractivity contribution in [1.82, 2.24) is 0 Å². The Kier molecular flexibility index (Phi) is 7.25. The minimum absolute atomic E-state index is 0.179. The fourth-order valence-electron chi connectivity index (χ4n) is 4.11. The molecule has 0 aliphatic carbocycles. The van der Waals surface area contributed by atoms with Crippen LogP contribution in [0.2, 0.25) is 0 Å². The van der Waals surface area contributed by atoms with Gasteiger partial charge in [0.25, 0.3) is 11.7 Å². The van der Waals surface area contributed by atoms with Gasteiger partial charge in [0, 0.05) is 11.6 Å². The number of amides is 1. The van der Waals surface area contributed by atoms with E-state index in [2.05, 4.69) is 6.92 Å². The molecule has 7 heteroatoms. The van der Waals surface area contributed by atoms with E-state index in [1.54, 1.807) is 54.6 Å². The average Bonchev–Trinajstić information content (AvgIpc) is 3.13. The second-order valence-electron chi connectivity index (χ2n) is 8.26. The molecule has 0 spiro atoms. The van der Waals surface area contributed by atoms with Crippen molar-refractivity contribution in [3.8, 4) is 5.75 Å². The van der Waals surface area contributed by atoms with Gasteiger partial charge >= 0.3 is 0 Å². The highest BCUT2D eigenvalue weighted by molar-refractivity contribution is 6.51. The first-order valence-corrected chi connectivity index (χ1v) is 11.5. The largest absolute Gasteiger partial charge is 0.507 e. The third-order valence-corrected chi connectivity index (χ3v) is 5.87. The Morgan fingerprint density at radius 2 is 1.69 bits per heavy atom. The molecule has 3 aromatic rings. The average molecular weight is 478 g/mol. The molecule has 180 valence electrons. The molecular formula is C28H25F2NO4. The standard InChI is InChI=1S/C28H25F2NO4/c1-2-3-7-16-35-21-13-10-19(11-14-21)26(32)24-25(18-8-5-4-6-9-18)31(28(34)27(24)33)23-15-12-20(29)17-22(23)30/h4-6,8-15,17,25,32H,2-3,7,16H2,1H3/b26-24+. The highest BCUT2D eigenvalue weighted by Crippen LogP contribution is 2.43. The lowest BCUT2D eigenvalue weighted by Crippen LogP contribution is -2.30. The maximum Gasteiger partial charge on any atom is 0.300 e. The van der Waals surface area contributed by atoms with Gasteiger partial charge in [-0.1, -0.05) is 50.1 Å². The summed E-state index contributed by atoms with van der Waals surface area (Å²) >= 11 is 0. The molecule has 5 nitrogen and oxygen atoms in total. The molecule has 1 saturated heterocycles. The number of hydrogen-bond acceptors (Lipinski definition) is 4. The fraction of sp³-hybridized carbons (Fsp3) is 0.214. The van der Waals surface area contributed by atoms with Crippen molar-refractivity contribution < 1.29 is 28.2 Å². The second kappa shape index (κ2) is 10.5. The quantitative estimate of drug-likeness (QED) is 0.183. The van der Waals surface area contributed by atoms with Crippen LogP contribution >= 0.6 is 0 Å². The molecule has 1 atom stereocenters. The number of ketones is 1. The van der Waals surface area contributed by atoms with Gasteiger partial charge in [-0.2, -0.15) is 0 Å². The summed E-state index contributed by atoms with van der Waals surface area (Å²) in [5.41, 5.74) is 0.371. The molecule has 1 amide bonds. The molecule has 1 unspecified atom stereocenters. The highest BCUT2D eigenvalue weighted by Gasteiger charge is 2.47. The zero-order valence-electron chi connectivity index (χ0n) is 19.2. The first-order valence-electron chi connectivity index (χ1n) is 11.5. The van der Waals surface area contributed by atoms with E-state index in [0.29, 0.717) is 29.5 Å². The van der Waals surface area contributed by atoms with Gasteiger partial charge in [-0.15, -0.1) is 0 Å². The van der Waals surface area contributed by atoms with Crippen LogP contribution in [0.25, 0.3) is 5.76 Å². The SMILES string of the molecule is CCCCCOc1ccc(/C(O)=C2\C(=O)C(=O)N(c3ccc(F)cc3F)C2c2ccccc2)cc1. The molecule has 0 saturated carbocycles. The van der Waals surface area contributed by atoms with Gasteiger partial charge < -0.3 is 9.84 Å². The molecule has 1 N–H and O–H groups in total. The summed E-state index contributed by atoms with van der Waals surface area (Å²) in [6.45, 7) is 2.68. The molecule has 1 aliphatic rings. The molecule has 0 bridgehead atoms. The van der Waals surface area contributed by atoms with Crippen LogP contribution in [0.1, 0.15) is 43.4 Å². The van der Waals surface area contributed by atoms with Crippen LogP contribution in [0, 0.1) is 11.6 Å². The topological polar surface area (TPSA) is 66.8 Å². The van der Waals surface area contributed by atoms with Crippen LogP contribution in [-0.2, 0) is 9.59 Å². The van der Waals surface area contributed by atoms with Crippen molar-refractivity contribution >= 4 is 23.1 Å². The van der Waals surface area contributed by atoms with E-state index >= 15 is 0 Å². The normalized spacial score (nSPS) is 17.1. The summed E-state index contributed by atoms with van der Waals surface area (Å²) in [5.74, 6) is -3.54. The van der Waals surface area contributed by atoms with E-state index in [1.165, 1.54) is 0 Å². The first-order chi connectivity index (χ1) is 16.9. The minimum atomic E-state index is -1.10. The van der Waals surface area contributed by atoms with Gasteiger partial charge in [0.2, 0.25) is 0 Å². The molecule has 1 fully saturated rings. The Labute approximate surface area is 202 Å². The Bertz CT molecular complexity index is 1260. The summed E-state index contributed by atoms with van der Waals surface area (Å²) in [6, 6.07) is 16.7. The summed E-state index contributed by atoms with van der Waals surface area (Å²) in [7, 11) is 0. The summed E-state index contributed by atoms with van der Waals surface area (Å²) in [5, 5.41) is 11.1. The fourth-order valence-corrected chi connectivity index (χ4v) is 4.11. The first kappa shape index (κ1) is 24.1. The number of benzene rings is 3. The van der Waals surface area contributed by atoms with Crippen molar-refractivity contribution in [1.29, 1.82) is 0 Å². The predicted octanol–water partition coefficient (Wildman–Crippen LogP) is 6.16. The molecule has 1 aliphatic heterocycles. The number of nitrogens with zero attached hydrogens (tertiary/aromatic N) is 1. The number of ether oxygens (including phenoxy) is 1. The van der Waals surface area contributed by atoms with Crippen LogP contribution < -0.4 is 9.64 Å². The van der Waals surface area contributed by atoms with E-state index < -0.39 is 29.4 Å². The number of aliphatic hydroxyl groups excluding tert-OH is 1. The highest BCUT2D eigenvalue weighted by atomic mass is 19.1. The Morgan fingerprint density at radius 3 is 2.34 bits per heavy atom. The smallest absolute Gasteiger partial charge is 0.300 e. The molecule has 4 rings (SSSR count). The number of carbonyl (C=O) groups excluding carboxylic acids is 2. The number of anilines is 1. The summed E-state index contributed by atoms with van der Waals surface area (Å²) in [6.07, 6.45) is 3.07. The van der Waals surface area contributed by atoms with Crippen LogP contribution in [0.15, 0.2) is 78.4 Å². The molecule has 35 heavy (non-hydrogen) atoms. The Hall–Kier alpha value is -4.00. The van der Waals surface area contributed by atoms with Crippen LogP contribution in [0.3, 0.4) is 0 Å². The van der Waals surface area contributed by atoms with Crippen molar-refractivity contribution in [3.63, 3.8) is 0 Å². The monoisotopic (exact) mass is 477 g/mol. The maximum atomic E-state index is 14.7. The summed E-state index contributed by atoms with van der Waals surface area (Å²) < 4.78 is 33.9. The van der Waals surface area contributed by atoms with Crippen LogP contribution in [0.4, 0.5) is 14.5 Å². The number of rotatable bonds is 8. The van der Waals surface area contributed by atoms with Gasteiger partial charge in [-0.25, -0.2) is 8.78 Å². The van der Waals surface area contributed by atoms with Gasteiger partial charge in [0.15, 0.2) is 0 Å². The zero-order chi connectivity index (χ0) is 24.9. The number of Topliss-reactive ketones (excluding diaryl/α,β-unsaturated/α-hetero) is 1. The van der Waals surface area contributed by atoms with Crippen molar-refractivity contribution in [2.45, 2.75) is 32.2 Å². The lowest BCUT2D eigenvalue weighted by atomic mass is 9.95. The molecule has 0 aromatic heterocycles. The van der Waals surface area contributed by atoms with E-state index in [-0.39, 0.29) is 17.0 Å². The predicted molar refractivity (Wildman–Crippen MR) is 129 cm³/mol. The van der Waals surface area contributed by atoms with Crippen molar-refractivity contribution in [3.05, 3.63) is 101 Å². The van der Waals surface area contributed by atoms with Gasteiger partial charge in [0.05, 0.1) is 23.9 Å². The van der Waals surface area contributed by atoms with Crippen molar-refractivity contribution in [2.24, 2.45) is 0 Å². The zero-order valence-corrected chi connectivity index (χ0v) is 19.2. The van der Waals surface area contributed by atoms with E-state index in [9.17, 15) is 23.5 Å². The maximum absolute atomic E-state index is 14.7. The van der Waals surface area contributed by atoms with Crippen LogP contribution in [0.5, 0.6) is 5.75 Å². The van der Waals surface area contributed by atoms with E-state index in [4.69, 9.17) is 4.74 Å². The lowest BCUT2D eigenvalue weighted by Gasteiger charge is -2.25. The van der Waals surface area contributed by atoms with Gasteiger partial charge in [-0.3, -0.25) is 14.5 Å². The Balaban J connectivity index is 1.76. The van der Waals surface area contributed by atoms with Gasteiger partial charge in [0.1, 0.15) is 23.1 Å². The number of unbranched alkanes of at least 4 members (excludes halogenated alkanes) is 2. The van der Waals surface area contributed by atoms with Crippen molar-refractivity contribution in [2.75, 3.05) is 11.5 Å². The third-order valence-electron chi connectivity index (χ3n) is 5.87. The Morgan fingerprint density at radius 1 is 0.971 bits per heavy atom. The van der Waals surface area contributed by atoms with E-state index in [1.807, 2.05) is 0 Å². The third kappa shape index (κ3) is 4.94. The van der Waals surface area contributed by atoms with Gasteiger partial charge in [-0.05, 0) is 48.4 Å². The minimum Gasteiger partial charge on any atom is -0.507 e. The lowest BCUT2D eigenvalue weighted by molar-refractivity contribution is -0.132. The number of aliphatic hydroxyl groups is 1. The molecule has 0 radical (unpaired) electrons. The van der Waals surface area contributed by atoms with Crippen LogP contribution in [-0.4, -0.2) is 23.4 Å². The number of carbonyl (C=O) groups is 2. The molecule has 3 aromatic carbocycles. The molecular weight excluding hydrogens is 452 g/mol.